The lowest BCUT2D eigenvalue weighted by Crippen LogP contribution is -2.44. The van der Waals surface area contributed by atoms with Crippen molar-refractivity contribution in [3.63, 3.8) is 0 Å². The minimum absolute atomic E-state index is 0.0103. The molecule has 4 heterocycles. The maximum Gasteiger partial charge on any atom is 0.406 e. The summed E-state index contributed by atoms with van der Waals surface area (Å²) >= 11 is 0. The van der Waals surface area contributed by atoms with E-state index in [9.17, 15) is 21.6 Å². The van der Waals surface area contributed by atoms with Gasteiger partial charge in [0.05, 0.1) is 31.1 Å². The smallest absolute Gasteiger partial charge is 0.377 e. The Labute approximate surface area is 204 Å². The molecular weight excluding hydrogens is 505 g/mol. The van der Waals surface area contributed by atoms with Crippen molar-refractivity contribution in [2.75, 3.05) is 55.1 Å². The van der Waals surface area contributed by atoms with Gasteiger partial charge in [0, 0.05) is 32.0 Å². The fourth-order valence-electron chi connectivity index (χ4n) is 3.69. The van der Waals surface area contributed by atoms with Crippen molar-refractivity contribution in [3.05, 3.63) is 12.4 Å². The number of hydrogen-bond acceptors (Lipinski definition) is 11. The first-order valence-corrected chi connectivity index (χ1v) is 12.8. The largest absolute Gasteiger partial charge is 0.406 e. The summed E-state index contributed by atoms with van der Waals surface area (Å²) in [5.41, 5.74) is 6.03. The maximum absolute atomic E-state index is 13.6. The summed E-state index contributed by atoms with van der Waals surface area (Å²) in [6.07, 6.45) is -0.830. The third kappa shape index (κ3) is 6.08. The first-order valence-electron chi connectivity index (χ1n) is 10.9. The minimum atomic E-state index is -4.59. The zero-order valence-corrected chi connectivity index (χ0v) is 20.3. The Balaban J connectivity index is 1.85. The van der Waals surface area contributed by atoms with Crippen LogP contribution in [-0.4, -0.2) is 89.2 Å². The number of nitrogens with one attached hydrogen (secondary N) is 2. The molecule has 13 nitrogen and oxygen atoms in total. The topological polar surface area (TPSA) is 166 Å². The lowest BCUT2D eigenvalue weighted by Gasteiger charge is -2.34. The molecule has 3 aromatic rings. The van der Waals surface area contributed by atoms with Gasteiger partial charge >= 0.3 is 6.18 Å². The quantitative estimate of drug-likeness (QED) is 0.349. The van der Waals surface area contributed by atoms with Crippen molar-refractivity contribution in [1.82, 2.24) is 34.2 Å². The van der Waals surface area contributed by atoms with E-state index < -0.39 is 22.7 Å². The molecule has 1 atom stereocenters. The summed E-state index contributed by atoms with van der Waals surface area (Å²) < 4.78 is 72.1. The summed E-state index contributed by atoms with van der Waals surface area (Å²) in [6, 6.07) is -0.129. The second-order valence-electron chi connectivity index (χ2n) is 8.22. The van der Waals surface area contributed by atoms with Crippen LogP contribution in [-0.2, 0) is 21.3 Å². The van der Waals surface area contributed by atoms with E-state index in [0.717, 1.165) is 10.8 Å². The van der Waals surface area contributed by atoms with Gasteiger partial charge in [-0.3, -0.25) is 4.57 Å². The molecule has 0 spiro atoms. The van der Waals surface area contributed by atoms with E-state index in [1.807, 2.05) is 11.8 Å². The van der Waals surface area contributed by atoms with Gasteiger partial charge in [-0.2, -0.15) is 13.2 Å². The number of morpholine rings is 1. The summed E-state index contributed by atoms with van der Waals surface area (Å²) in [7, 11) is -3.47. The lowest BCUT2D eigenvalue weighted by atomic mass is 10.2. The molecule has 1 fully saturated rings. The van der Waals surface area contributed by atoms with E-state index in [2.05, 4.69) is 35.0 Å². The van der Waals surface area contributed by atoms with Crippen LogP contribution in [0.15, 0.2) is 12.4 Å². The van der Waals surface area contributed by atoms with E-state index in [1.54, 1.807) is 0 Å². The van der Waals surface area contributed by atoms with Gasteiger partial charge in [0.2, 0.25) is 21.9 Å². The number of nitrogens with two attached hydrogens (primary N) is 1. The average molecular weight is 531 g/mol. The number of fused-ring (bicyclic) bond motifs is 1. The average Bonchev–Trinajstić information content (AvgIpc) is 3.12. The molecule has 17 heteroatoms. The van der Waals surface area contributed by atoms with Crippen molar-refractivity contribution >= 4 is 38.9 Å². The van der Waals surface area contributed by atoms with E-state index in [-0.39, 0.29) is 48.0 Å². The second-order valence-corrected chi connectivity index (χ2v) is 10.1. The van der Waals surface area contributed by atoms with Crippen LogP contribution in [0.3, 0.4) is 0 Å². The maximum atomic E-state index is 13.6. The number of aromatic nitrogens is 6. The molecule has 4 N–H and O–H groups in total. The number of nitrogens with zero attached hydrogens (tertiary/aromatic N) is 7. The summed E-state index contributed by atoms with van der Waals surface area (Å²) in [6.45, 7) is 1.71. The zero-order valence-electron chi connectivity index (χ0n) is 19.4. The number of halogens is 3. The number of ether oxygens (including phenoxy) is 1. The molecular formula is C19H25F3N10O3S. The summed E-state index contributed by atoms with van der Waals surface area (Å²) in [5, 5.41) is 2.78. The summed E-state index contributed by atoms with van der Waals surface area (Å²) in [4.78, 5) is 23.2. The lowest BCUT2D eigenvalue weighted by molar-refractivity contribution is -0.139. The SMILES string of the molecule is C[C@H]1COCCN1c1nc(-c2cnc(N)nc2)nc2c1nc(NCCNS(C)(=O)=O)n2CC(F)(F)F. The van der Waals surface area contributed by atoms with Gasteiger partial charge in [0.25, 0.3) is 0 Å². The van der Waals surface area contributed by atoms with Crippen molar-refractivity contribution < 1.29 is 26.3 Å². The van der Waals surface area contributed by atoms with Crippen LogP contribution >= 0.6 is 0 Å². The molecule has 0 aromatic carbocycles. The Bertz CT molecular complexity index is 1330. The van der Waals surface area contributed by atoms with Crippen LogP contribution < -0.4 is 20.7 Å². The van der Waals surface area contributed by atoms with Crippen LogP contribution in [0, 0.1) is 0 Å². The van der Waals surface area contributed by atoms with Crippen molar-refractivity contribution in [3.8, 4) is 11.4 Å². The number of nitrogen functional groups attached to an aromatic ring is 1. The predicted molar refractivity (Wildman–Crippen MR) is 126 cm³/mol. The van der Waals surface area contributed by atoms with E-state index >= 15 is 0 Å². The molecule has 36 heavy (non-hydrogen) atoms. The van der Waals surface area contributed by atoms with Crippen molar-refractivity contribution in [1.29, 1.82) is 0 Å². The highest BCUT2D eigenvalue weighted by molar-refractivity contribution is 7.88. The fraction of sp³-hybridized carbons (Fsp3) is 0.526. The molecule has 4 rings (SSSR count). The molecule has 0 aliphatic carbocycles. The Morgan fingerprint density at radius 1 is 1.19 bits per heavy atom. The van der Waals surface area contributed by atoms with Crippen molar-refractivity contribution in [2.24, 2.45) is 0 Å². The molecule has 0 bridgehead atoms. The normalized spacial score (nSPS) is 17.0. The molecule has 1 aliphatic rings. The molecule has 0 radical (unpaired) electrons. The van der Waals surface area contributed by atoms with Gasteiger partial charge < -0.3 is 20.7 Å². The Kier molecular flexibility index (Phi) is 7.14. The highest BCUT2D eigenvalue weighted by Gasteiger charge is 2.33. The van der Waals surface area contributed by atoms with Crippen LogP contribution in [0.4, 0.5) is 30.9 Å². The highest BCUT2D eigenvalue weighted by atomic mass is 32.2. The first-order chi connectivity index (χ1) is 16.9. The number of alkyl halides is 3. The van der Waals surface area contributed by atoms with Crippen LogP contribution in [0.1, 0.15) is 6.92 Å². The molecule has 1 aliphatic heterocycles. The van der Waals surface area contributed by atoms with Gasteiger partial charge in [-0.25, -0.2) is 38.1 Å². The molecule has 0 amide bonds. The zero-order chi connectivity index (χ0) is 26.1. The Hall–Kier alpha value is -3.31. The summed E-state index contributed by atoms with van der Waals surface area (Å²) in [5.74, 6) is 0.337. The molecule has 0 saturated carbocycles. The third-order valence-corrected chi connectivity index (χ3v) is 5.98. The van der Waals surface area contributed by atoms with Gasteiger partial charge in [-0.1, -0.05) is 0 Å². The first kappa shape index (κ1) is 25.8. The minimum Gasteiger partial charge on any atom is -0.377 e. The van der Waals surface area contributed by atoms with E-state index in [1.165, 1.54) is 12.4 Å². The van der Waals surface area contributed by atoms with Crippen molar-refractivity contribution in [2.45, 2.75) is 25.7 Å². The standard InChI is InChI=1S/C19H25F3N10O3S/c1-11-9-35-6-5-31(11)15-13-16(30-14(29-15)12-7-25-17(23)26-8-12)32(10-19(20,21)22)18(28-13)24-3-4-27-36(2,33)34/h7-8,11,27H,3-6,9-10H2,1-2H3,(H,24,28)(H2,23,25,26)/t11-/m0/s1. The van der Waals surface area contributed by atoms with Crippen LogP contribution in [0.2, 0.25) is 0 Å². The van der Waals surface area contributed by atoms with E-state index in [4.69, 9.17) is 10.5 Å². The Morgan fingerprint density at radius 3 is 2.56 bits per heavy atom. The molecule has 3 aromatic heterocycles. The number of imidazole rings is 1. The molecule has 196 valence electrons. The van der Waals surface area contributed by atoms with Gasteiger partial charge in [-0.05, 0) is 6.92 Å². The van der Waals surface area contributed by atoms with Gasteiger partial charge in [0.1, 0.15) is 6.54 Å². The Morgan fingerprint density at radius 2 is 1.92 bits per heavy atom. The molecule has 0 unspecified atom stereocenters. The van der Waals surface area contributed by atoms with Crippen LogP contribution in [0.5, 0.6) is 0 Å². The monoisotopic (exact) mass is 530 g/mol. The van der Waals surface area contributed by atoms with Crippen LogP contribution in [0.25, 0.3) is 22.6 Å². The highest BCUT2D eigenvalue weighted by Crippen LogP contribution is 2.33. The fourth-order valence-corrected chi connectivity index (χ4v) is 4.16. The molecule has 1 saturated heterocycles. The van der Waals surface area contributed by atoms with Gasteiger partial charge in [0.15, 0.2) is 22.8 Å². The third-order valence-electron chi connectivity index (χ3n) is 5.26. The predicted octanol–water partition coefficient (Wildman–Crippen LogP) is 0.614. The second kappa shape index (κ2) is 9.98. The number of sulfonamides is 1. The number of rotatable bonds is 8. The van der Waals surface area contributed by atoms with E-state index in [0.29, 0.717) is 31.1 Å². The number of anilines is 3. The van der Waals surface area contributed by atoms with Gasteiger partial charge in [-0.15, -0.1) is 0 Å². The number of hydrogen-bond donors (Lipinski definition) is 3.